The zero-order valence-electron chi connectivity index (χ0n) is 13.9. The van der Waals surface area contributed by atoms with Crippen LogP contribution in [0.25, 0.3) is 6.08 Å². The summed E-state index contributed by atoms with van der Waals surface area (Å²) in [6.45, 7) is 0.283. The fourth-order valence-corrected chi connectivity index (χ4v) is 2.15. The number of methoxy groups -OCH3 is 2. The minimum atomic E-state index is -0.479. The lowest BCUT2D eigenvalue weighted by Gasteiger charge is -2.10. The predicted octanol–water partition coefficient (Wildman–Crippen LogP) is 2.94. The van der Waals surface area contributed by atoms with Crippen LogP contribution in [0.3, 0.4) is 0 Å². The number of benzene rings is 2. The van der Waals surface area contributed by atoms with E-state index in [0.717, 1.165) is 5.56 Å². The molecule has 0 radical (unpaired) electrons. The molecule has 0 saturated carbocycles. The third-order valence-corrected chi connectivity index (χ3v) is 3.46. The Morgan fingerprint density at radius 3 is 2.68 bits per heavy atom. The Morgan fingerprint density at radius 2 is 2.00 bits per heavy atom. The summed E-state index contributed by atoms with van der Waals surface area (Å²) in [5.74, 6) is 0.962. The van der Waals surface area contributed by atoms with Gasteiger partial charge < -0.3 is 14.8 Å². The standard InChI is InChI=1S/C18H18N2O5/c1-24-16-8-7-14(17(11-16)25-2)12-19-18(21)9-6-13-4-3-5-15(10-13)20(22)23/h3-11H,12H2,1-2H3,(H,19,21)/b9-6+. The van der Waals surface area contributed by atoms with Crippen LogP contribution in [0.1, 0.15) is 11.1 Å². The molecule has 0 saturated heterocycles. The van der Waals surface area contributed by atoms with Crippen molar-refractivity contribution < 1.29 is 19.2 Å². The summed E-state index contributed by atoms with van der Waals surface area (Å²) >= 11 is 0. The lowest BCUT2D eigenvalue weighted by atomic mass is 10.1. The minimum Gasteiger partial charge on any atom is -0.497 e. The van der Waals surface area contributed by atoms with Crippen LogP contribution in [0.5, 0.6) is 11.5 Å². The molecule has 0 bridgehead atoms. The van der Waals surface area contributed by atoms with E-state index in [9.17, 15) is 14.9 Å². The number of hydrogen-bond donors (Lipinski definition) is 1. The number of carbonyl (C=O) groups is 1. The highest BCUT2D eigenvalue weighted by molar-refractivity contribution is 5.91. The number of amides is 1. The molecule has 7 heteroatoms. The molecule has 0 aromatic heterocycles. The van der Waals surface area contributed by atoms with Crippen molar-refractivity contribution in [1.29, 1.82) is 0 Å². The SMILES string of the molecule is COc1ccc(CNC(=O)/C=C/c2cccc([N+](=O)[O-])c2)c(OC)c1. The normalized spacial score (nSPS) is 10.5. The van der Waals surface area contributed by atoms with Gasteiger partial charge >= 0.3 is 0 Å². The van der Waals surface area contributed by atoms with Crippen LogP contribution >= 0.6 is 0 Å². The molecule has 2 aromatic rings. The van der Waals surface area contributed by atoms with Gasteiger partial charge in [0.2, 0.25) is 5.91 Å². The van der Waals surface area contributed by atoms with E-state index in [2.05, 4.69) is 5.32 Å². The van der Waals surface area contributed by atoms with Crippen LogP contribution in [0.4, 0.5) is 5.69 Å². The van der Waals surface area contributed by atoms with E-state index >= 15 is 0 Å². The number of rotatable bonds is 7. The van der Waals surface area contributed by atoms with Gasteiger partial charge in [-0.3, -0.25) is 14.9 Å². The maximum absolute atomic E-state index is 11.9. The Hall–Kier alpha value is -3.35. The van der Waals surface area contributed by atoms with Crippen LogP contribution in [-0.2, 0) is 11.3 Å². The average Bonchev–Trinajstić information content (AvgIpc) is 2.64. The molecule has 0 atom stereocenters. The highest BCUT2D eigenvalue weighted by Crippen LogP contribution is 2.24. The van der Waals surface area contributed by atoms with Crippen molar-refractivity contribution in [2.24, 2.45) is 0 Å². The molecule has 0 unspecified atom stereocenters. The highest BCUT2D eigenvalue weighted by Gasteiger charge is 2.07. The smallest absolute Gasteiger partial charge is 0.270 e. The van der Waals surface area contributed by atoms with Crippen LogP contribution in [0.15, 0.2) is 48.5 Å². The first-order chi connectivity index (χ1) is 12.0. The molecule has 2 aromatic carbocycles. The Bertz CT molecular complexity index is 802. The first-order valence-corrected chi connectivity index (χ1v) is 7.44. The maximum atomic E-state index is 11.9. The van der Waals surface area contributed by atoms with Crippen LogP contribution < -0.4 is 14.8 Å². The van der Waals surface area contributed by atoms with E-state index in [4.69, 9.17) is 9.47 Å². The molecule has 0 aliphatic carbocycles. The summed E-state index contributed by atoms with van der Waals surface area (Å²) in [6, 6.07) is 11.4. The van der Waals surface area contributed by atoms with Crippen LogP contribution in [0.2, 0.25) is 0 Å². The monoisotopic (exact) mass is 342 g/mol. The topological polar surface area (TPSA) is 90.7 Å². The van der Waals surface area contributed by atoms with E-state index < -0.39 is 4.92 Å². The van der Waals surface area contributed by atoms with Gasteiger partial charge in [-0.2, -0.15) is 0 Å². The number of ether oxygens (including phenoxy) is 2. The van der Waals surface area contributed by atoms with Crippen LogP contribution in [0, 0.1) is 10.1 Å². The summed E-state index contributed by atoms with van der Waals surface area (Å²) in [5.41, 5.74) is 1.36. The number of nitrogens with one attached hydrogen (secondary N) is 1. The van der Waals surface area contributed by atoms with Crippen molar-refractivity contribution in [1.82, 2.24) is 5.32 Å². The third kappa shape index (κ3) is 5.07. The van der Waals surface area contributed by atoms with Gasteiger partial charge in [-0.1, -0.05) is 12.1 Å². The van der Waals surface area contributed by atoms with Crippen molar-refractivity contribution in [3.63, 3.8) is 0 Å². The molecule has 1 amide bonds. The Labute approximate surface area is 145 Å². The summed E-state index contributed by atoms with van der Waals surface area (Å²) in [6.07, 6.45) is 2.85. The van der Waals surface area contributed by atoms with Gasteiger partial charge in [0, 0.05) is 36.4 Å². The molecule has 0 aliphatic rings. The van der Waals surface area contributed by atoms with Gasteiger partial charge in [0.05, 0.1) is 19.1 Å². The molecule has 25 heavy (non-hydrogen) atoms. The summed E-state index contributed by atoms with van der Waals surface area (Å²) < 4.78 is 10.4. The van der Waals surface area contributed by atoms with Crippen molar-refractivity contribution in [2.75, 3.05) is 14.2 Å². The molecule has 0 fully saturated rings. The average molecular weight is 342 g/mol. The van der Waals surface area contributed by atoms with Crippen molar-refractivity contribution in [3.05, 3.63) is 69.8 Å². The number of hydrogen-bond acceptors (Lipinski definition) is 5. The Morgan fingerprint density at radius 1 is 1.20 bits per heavy atom. The molecule has 130 valence electrons. The molecule has 1 N–H and O–H groups in total. The summed E-state index contributed by atoms with van der Waals surface area (Å²) in [7, 11) is 3.11. The van der Waals surface area contributed by atoms with Crippen molar-refractivity contribution in [3.8, 4) is 11.5 Å². The molecule has 0 heterocycles. The second-order valence-electron chi connectivity index (χ2n) is 5.08. The lowest BCUT2D eigenvalue weighted by molar-refractivity contribution is -0.384. The van der Waals surface area contributed by atoms with Gasteiger partial charge in [-0.15, -0.1) is 0 Å². The molecule has 7 nitrogen and oxygen atoms in total. The van der Waals surface area contributed by atoms with E-state index in [0.29, 0.717) is 17.1 Å². The van der Waals surface area contributed by atoms with Crippen LogP contribution in [-0.4, -0.2) is 25.1 Å². The van der Waals surface area contributed by atoms with E-state index in [1.54, 1.807) is 38.5 Å². The zero-order valence-corrected chi connectivity index (χ0v) is 13.9. The van der Waals surface area contributed by atoms with Crippen molar-refractivity contribution >= 4 is 17.7 Å². The van der Waals surface area contributed by atoms with E-state index in [1.807, 2.05) is 6.07 Å². The molecular formula is C18H18N2O5. The van der Waals surface area contributed by atoms with E-state index in [-0.39, 0.29) is 18.1 Å². The zero-order chi connectivity index (χ0) is 18.2. The number of nitrogens with zero attached hydrogens (tertiary/aromatic N) is 1. The fraction of sp³-hybridized carbons (Fsp3) is 0.167. The number of nitro groups is 1. The maximum Gasteiger partial charge on any atom is 0.270 e. The quantitative estimate of drug-likeness (QED) is 0.474. The summed E-state index contributed by atoms with van der Waals surface area (Å²) in [4.78, 5) is 22.2. The lowest BCUT2D eigenvalue weighted by Crippen LogP contribution is -2.20. The number of non-ortho nitro benzene ring substituents is 1. The molecule has 0 aliphatic heterocycles. The summed E-state index contributed by atoms with van der Waals surface area (Å²) in [5, 5.41) is 13.5. The molecule has 2 rings (SSSR count). The van der Waals surface area contributed by atoms with Gasteiger partial charge in [-0.25, -0.2) is 0 Å². The van der Waals surface area contributed by atoms with E-state index in [1.165, 1.54) is 24.3 Å². The number of carbonyl (C=O) groups excluding carboxylic acids is 1. The Balaban J connectivity index is 1.99. The number of nitro benzene ring substituents is 1. The Kier molecular flexibility index (Phi) is 6.11. The second kappa shape index (κ2) is 8.49. The predicted molar refractivity (Wildman–Crippen MR) is 93.5 cm³/mol. The third-order valence-electron chi connectivity index (χ3n) is 3.46. The minimum absolute atomic E-state index is 0.0227. The van der Waals surface area contributed by atoms with Gasteiger partial charge in [-0.05, 0) is 23.8 Å². The first kappa shape index (κ1) is 18.0. The first-order valence-electron chi connectivity index (χ1n) is 7.44. The van der Waals surface area contributed by atoms with Gasteiger partial charge in [0.25, 0.3) is 5.69 Å². The van der Waals surface area contributed by atoms with Crippen molar-refractivity contribution in [2.45, 2.75) is 6.54 Å². The fourth-order valence-electron chi connectivity index (χ4n) is 2.15. The second-order valence-corrected chi connectivity index (χ2v) is 5.08. The van der Waals surface area contributed by atoms with Gasteiger partial charge in [0.1, 0.15) is 11.5 Å². The molecular weight excluding hydrogens is 324 g/mol. The highest BCUT2D eigenvalue weighted by atomic mass is 16.6. The molecule has 0 spiro atoms. The van der Waals surface area contributed by atoms with Gasteiger partial charge in [0.15, 0.2) is 0 Å². The largest absolute Gasteiger partial charge is 0.497 e.